The molecule has 2 aliphatic heterocycles. The van der Waals surface area contributed by atoms with Crippen molar-refractivity contribution < 1.29 is 74.4 Å². The van der Waals surface area contributed by atoms with Crippen molar-refractivity contribution in [3.05, 3.63) is 40.6 Å². The van der Waals surface area contributed by atoms with E-state index < -0.39 is 113 Å². The number of hydrogen-bond acceptors (Lipinski definition) is 16. The van der Waals surface area contributed by atoms with Crippen LogP contribution in [0.25, 0.3) is 22.3 Å². The summed E-state index contributed by atoms with van der Waals surface area (Å²) < 4.78 is 27.7. The molecule has 3 heterocycles. The van der Waals surface area contributed by atoms with Crippen molar-refractivity contribution in [3.8, 4) is 40.1 Å². The predicted molar refractivity (Wildman–Crippen MR) is 140 cm³/mol. The van der Waals surface area contributed by atoms with Crippen molar-refractivity contribution in [1.29, 1.82) is 0 Å². The van der Waals surface area contributed by atoms with Gasteiger partial charge in [-0.15, -0.1) is 0 Å². The summed E-state index contributed by atoms with van der Waals surface area (Å²) in [5.41, 5.74) is -1.69. The maximum Gasteiger partial charge on any atom is 0.239 e. The number of aliphatic hydroxyl groups is 6. The lowest BCUT2D eigenvalue weighted by atomic mass is 9.98. The van der Waals surface area contributed by atoms with Crippen LogP contribution in [0.3, 0.4) is 0 Å². The zero-order valence-electron chi connectivity index (χ0n) is 22.3. The van der Waals surface area contributed by atoms with Crippen LogP contribution in [0, 0.1) is 0 Å². The molecule has 5 rings (SSSR count). The van der Waals surface area contributed by atoms with E-state index in [1.807, 2.05) is 0 Å². The van der Waals surface area contributed by atoms with E-state index in [-0.39, 0.29) is 11.1 Å². The molecule has 0 unspecified atom stereocenters. The first-order valence-corrected chi connectivity index (χ1v) is 13.0. The van der Waals surface area contributed by atoms with Gasteiger partial charge in [-0.05, 0) is 19.1 Å². The Morgan fingerprint density at radius 3 is 2.19 bits per heavy atom. The second kappa shape index (κ2) is 11.8. The SMILES string of the molecule is C[C@@H]1O[C@@H](OC[C@H]2O[C@@H](Oc3c(-c4cccc(O)c4O)oc4cc(O)cc(O)c4c3=O)[C@H](O)[C@@H](O)[C@@H]2O)[C@H](O)[C@H](O)[C@H]1O. The Morgan fingerprint density at radius 2 is 1.47 bits per heavy atom. The lowest BCUT2D eigenvalue weighted by Gasteiger charge is -2.42. The molecule has 2 fully saturated rings. The third-order valence-corrected chi connectivity index (χ3v) is 7.31. The smallest absolute Gasteiger partial charge is 0.239 e. The summed E-state index contributed by atoms with van der Waals surface area (Å²) in [6, 6.07) is 5.54. The van der Waals surface area contributed by atoms with Crippen molar-refractivity contribution in [3.63, 3.8) is 0 Å². The zero-order valence-corrected chi connectivity index (χ0v) is 22.3. The van der Waals surface area contributed by atoms with E-state index in [0.717, 1.165) is 18.2 Å². The van der Waals surface area contributed by atoms with Crippen molar-refractivity contribution in [2.24, 2.45) is 0 Å². The largest absolute Gasteiger partial charge is 0.508 e. The van der Waals surface area contributed by atoms with Crippen molar-refractivity contribution in [2.45, 2.75) is 68.3 Å². The van der Waals surface area contributed by atoms with Gasteiger partial charge in [0.25, 0.3) is 0 Å². The number of aliphatic hydroxyl groups excluding tert-OH is 6. The molecule has 234 valence electrons. The van der Waals surface area contributed by atoms with Gasteiger partial charge in [0.15, 0.2) is 23.5 Å². The van der Waals surface area contributed by atoms with Gasteiger partial charge in [0, 0.05) is 12.1 Å². The summed E-state index contributed by atoms with van der Waals surface area (Å²) in [7, 11) is 0. The van der Waals surface area contributed by atoms with E-state index in [1.165, 1.54) is 19.1 Å². The van der Waals surface area contributed by atoms with Crippen LogP contribution < -0.4 is 10.2 Å². The van der Waals surface area contributed by atoms with Gasteiger partial charge in [0.05, 0.1) is 18.3 Å². The van der Waals surface area contributed by atoms with Crippen molar-refractivity contribution in [2.75, 3.05) is 6.61 Å². The first kappa shape index (κ1) is 30.7. The number of ether oxygens (including phenoxy) is 4. The summed E-state index contributed by atoms with van der Waals surface area (Å²) in [4.78, 5) is 13.6. The summed E-state index contributed by atoms with van der Waals surface area (Å²) >= 11 is 0. The molecule has 2 saturated heterocycles. The molecular weight excluding hydrogens is 580 g/mol. The lowest BCUT2D eigenvalue weighted by Crippen LogP contribution is -2.61. The highest BCUT2D eigenvalue weighted by Gasteiger charge is 2.48. The molecule has 16 nitrogen and oxygen atoms in total. The Balaban J connectivity index is 1.49. The minimum absolute atomic E-state index is 0.277. The van der Waals surface area contributed by atoms with E-state index in [4.69, 9.17) is 23.4 Å². The fourth-order valence-corrected chi connectivity index (χ4v) is 4.88. The second-order valence-corrected chi connectivity index (χ2v) is 10.2. The molecule has 0 aliphatic carbocycles. The van der Waals surface area contributed by atoms with Gasteiger partial charge >= 0.3 is 0 Å². The highest BCUT2D eigenvalue weighted by Crippen LogP contribution is 2.42. The van der Waals surface area contributed by atoms with Crippen LogP contribution in [-0.4, -0.2) is 119 Å². The fraction of sp³-hybridized carbons (Fsp3) is 0.444. The van der Waals surface area contributed by atoms with Gasteiger partial charge in [0.2, 0.25) is 17.5 Å². The number of para-hydroxylation sites is 1. The van der Waals surface area contributed by atoms with Gasteiger partial charge in [-0.3, -0.25) is 4.79 Å². The first-order chi connectivity index (χ1) is 20.3. The van der Waals surface area contributed by atoms with Gasteiger partial charge in [-0.25, -0.2) is 0 Å². The van der Waals surface area contributed by atoms with Gasteiger partial charge < -0.3 is 74.4 Å². The molecule has 3 aromatic rings. The average Bonchev–Trinajstić information content (AvgIpc) is 2.96. The first-order valence-electron chi connectivity index (χ1n) is 13.0. The topological polar surface area (TPSA) is 269 Å². The minimum atomic E-state index is -1.99. The highest BCUT2D eigenvalue weighted by atomic mass is 16.7. The molecule has 2 aromatic carbocycles. The van der Waals surface area contributed by atoms with E-state index in [2.05, 4.69) is 0 Å². The molecule has 0 spiro atoms. The fourth-order valence-electron chi connectivity index (χ4n) is 4.88. The summed E-state index contributed by atoms with van der Waals surface area (Å²) in [6.45, 7) is 0.802. The quantitative estimate of drug-likeness (QED) is 0.140. The Bertz CT molecular complexity index is 1540. The maximum atomic E-state index is 13.6. The molecule has 0 bridgehead atoms. The van der Waals surface area contributed by atoms with Crippen LogP contribution in [-0.2, 0) is 14.2 Å². The number of benzene rings is 2. The van der Waals surface area contributed by atoms with Crippen LogP contribution in [0.4, 0.5) is 0 Å². The van der Waals surface area contributed by atoms with Crippen molar-refractivity contribution >= 4 is 11.0 Å². The van der Waals surface area contributed by atoms with Crippen LogP contribution in [0.2, 0.25) is 0 Å². The van der Waals surface area contributed by atoms with Gasteiger partial charge in [-0.1, -0.05) is 6.07 Å². The predicted octanol–water partition coefficient (Wildman–Crippen LogP) is -1.69. The summed E-state index contributed by atoms with van der Waals surface area (Å²) in [5, 5.41) is 102. The minimum Gasteiger partial charge on any atom is -0.508 e. The maximum absolute atomic E-state index is 13.6. The number of phenolic OH excluding ortho intramolecular Hbond substituents is 4. The van der Waals surface area contributed by atoms with Crippen LogP contribution >= 0.6 is 0 Å². The second-order valence-electron chi connectivity index (χ2n) is 10.2. The van der Waals surface area contributed by atoms with E-state index in [1.54, 1.807) is 0 Å². The standard InChI is InChI=1S/C27H30O16/c1-8-16(31)20(35)22(37)26(40-8)39-7-14-18(33)21(36)23(38)27(42-14)43-25-19(34)15-12(30)5-9(28)6-13(15)41-24(25)10-3-2-4-11(29)17(10)32/h2-6,8,14,16,18,20-23,26-33,35-38H,7H2,1H3/t8-,14+,16-,18+,20+,21-,22+,23+,26+,27-/m0/s1. The molecule has 0 radical (unpaired) electrons. The Kier molecular flexibility index (Phi) is 8.41. The number of hydrogen-bond donors (Lipinski definition) is 10. The Morgan fingerprint density at radius 1 is 0.791 bits per heavy atom. The summed E-state index contributed by atoms with van der Waals surface area (Å²) in [6.07, 6.45) is -16.3. The van der Waals surface area contributed by atoms with E-state index in [9.17, 15) is 55.9 Å². The number of rotatable bonds is 6. The van der Waals surface area contributed by atoms with Crippen molar-refractivity contribution in [1.82, 2.24) is 0 Å². The summed E-state index contributed by atoms with van der Waals surface area (Å²) in [5.74, 6) is -3.81. The highest BCUT2D eigenvalue weighted by molar-refractivity contribution is 5.89. The van der Waals surface area contributed by atoms with E-state index >= 15 is 0 Å². The normalized spacial score (nSPS) is 33.0. The number of phenols is 4. The molecule has 1 aromatic heterocycles. The molecule has 10 N–H and O–H groups in total. The van der Waals surface area contributed by atoms with Crippen LogP contribution in [0.15, 0.2) is 39.5 Å². The third-order valence-electron chi connectivity index (χ3n) is 7.31. The number of fused-ring (bicyclic) bond motifs is 1. The van der Waals surface area contributed by atoms with Crippen LogP contribution in [0.5, 0.6) is 28.7 Å². The molecule has 0 saturated carbocycles. The average molecular weight is 611 g/mol. The zero-order chi connectivity index (χ0) is 31.3. The molecule has 10 atom stereocenters. The van der Waals surface area contributed by atoms with Gasteiger partial charge in [0.1, 0.15) is 65.2 Å². The third kappa shape index (κ3) is 5.55. The van der Waals surface area contributed by atoms with E-state index in [0.29, 0.717) is 0 Å². The molecule has 43 heavy (non-hydrogen) atoms. The Labute approximate surface area is 241 Å². The molecule has 0 amide bonds. The number of aromatic hydroxyl groups is 4. The molecule has 2 aliphatic rings. The molecular formula is C27H30O16. The van der Waals surface area contributed by atoms with Gasteiger partial charge in [-0.2, -0.15) is 0 Å². The van der Waals surface area contributed by atoms with Crippen LogP contribution in [0.1, 0.15) is 6.92 Å². The lowest BCUT2D eigenvalue weighted by molar-refractivity contribution is -0.318. The Hall–Kier alpha value is -3.71. The molecule has 16 heteroatoms. The monoisotopic (exact) mass is 610 g/mol.